The van der Waals surface area contributed by atoms with E-state index in [1.165, 1.54) is 0 Å². The number of benzene rings is 1. The number of nitrogens with zero attached hydrogens (tertiary/aromatic N) is 3. The maximum Gasteiger partial charge on any atom is 0.246 e. The summed E-state index contributed by atoms with van der Waals surface area (Å²) < 4.78 is 16.4. The standard InChI is InChI=1S/C20H23N3O4/c1-13(2)19-21-22-20(27-19)15-7-9-23(10-8-15)18(24)6-4-14-3-5-16-17(11-14)26-12-25-16/h3-6,11,13,15H,7-10,12H2,1-2H3. The molecule has 0 atom stereocenters. The van der Waals surface area contributed by atoms with Crippen LogP contribution < -0.4 is 9.47 Å². The number of ether oxygens (including phenoxy) is 2. The lowest BCUT2D eigenvalue weighted by molar-refractivity contribution is -0.127. The fraction of sp³-hybridized carbons (Fsp3) is 0.450. The Morgan fingerprint density at radius 1 is 1.19 bits per heavy atom. The van der Waals surface area contributed by atoms with Gasteiger partial charge in [-0.15, -0.1) is 10.2 Å². The van der Waals surface area contributed by atoms with Gasteiger partial charge in [0.2, 0.25) is 24.5 Å². The summed E-state index contributed by atoms with van der Waals surface area (Å²) in [4.78, 5) is 14.3. The molecule has 27 heavy (non-hydrogen) atoms. The summed E-state index contributed by atoms with van der Waals surface area (Å²) in [6.07, 6.45) is 5.09. The van der Waals surface area contributed by atoms with Crippen LogP contribution in [0.15, 0.2) is 28.7 Å². The van der Waals surface area contributed by atoms with Gasteiger partial charge in [-0.25, -0.2) is 0 Å². The van der Waals surface area contributed by atoms with Gasteiger partial charge >= 0.3 is 0 Å². The van der Waals surface area contributed by atoms with E-state index in [1.807, 2.05) is 43.0 Å². The van der Waals surface area contributed by atoms with Crippen molar-refractivity contribution < 1.29 is 18.7 Å². The molecule has 0 bridgehead atoms. The van der Waals surface area contributed by atoms with E-state index in [2.05, 4.69) is 10.2 Å². The van der Waals surface area contributed by atoms with E-state index >= 15 is 0 Å². The molecular weight excluding hydrogens is 346 g/mol. The van der Waals surface area contributed by atoms with Crippen molar-refractivity contribution in [3.63, 3.8) is 0 Å². The largest absolute Gasteiger partial charge is 0.454 e. The number of amides is 1. The molecule has 0 radical (unpaired) electrons. The van der Waals surface area contributed by atoms with Crippen LogP contribution in [-0.4, -0.2) is 40.9 Å². The molecule has 1 fully saturated rings. The van der Waals surface area contributed by atoms with Crippen molar-refractivity contribution in [2.24, 2.45) is 0 Å². The highest BCUT2D eigenvalue weighted by molar-refractivity contribution is 5.92. The Hall–Kier alpha value is -2.83. The van der Waals surface area contributed by atoms with E-state index in [9.17, 15) is 4.79 Å². The number of likely N-dealkylation sites (tertiary alicyclic amines) is 1. The van der Waals surface area contributed by atoms with E-state index in [0.29, 0.717) is 30.6 Å². The predicted molar refractivity (Wildman–Crippen MR) is 98.5 cm³/mol. The number of rotatable bonds is 4. The lowest BCUT2D eigenvalue weighted by atomic mass is 9.97. The minimum absolute atomic E-state index is 0.0134. The Bertz CT molecular complexity index is 851. The number of carbonyl (C=O) groups excluding carboxylic acids is 1. The molecule has 0 saturated carbocycles. The molecule has 0 N–H and O–H groups in total. The van der Waals surface area contributed by atoms with Crippen molar-refractivity contribution >= 4 is 12.0 Å². The first-order chi connectivity index (χ1) is 13.1. The number of carbonyl (C=O) groups is 1. The summed E-state index contributed by atoms with van der Waals surface area (Å²) in [5.41, 5.74) is 0.912. The second-order valence-electron chi connectivity index (χ2n) is 7.18. The maximum atomic E-state index is 12.5. The highest BCUT2D eigenvalue weighted by atomic mass is 16.7. The SMILES string of the molecule is CC(C)c1nnc(C2CCN(C(=O)C=Cc3ccc4c(c3)OCO4)CC2)o1. The Labute approximate surface area is 158 Å². The molecule has 3 heterocycles. The molecule has 2 aliphatic rings. The molecule has 2 aliphatic heterocycles. The second-order valence-corrected chi connectivity index (χ2v) is 7.18. The van der Waals surface area contributed by atoms with E-state index in [4.69, 9.17) is 13.9 Å². The zero-order valence-electron chi connectivity index (χ0n) is 15.6. The predicted octanol–water partition coefficient (Wildman–Crippen LogP) is 3.34. The van der Waals surface area contributed by atoms with Gasteiger partial charge in [-0.3, -0.25) is 4.79 Å². The van der Waals surface area contributed by atoms with Gasteiger partial charge in [0.15, 0.2) is 11.5 Å². The molecule has 7 heteroatoms. The van der Waals surface area contributed by atoms with E-state index in [1.54, 1.807) is 6.08 Å². The molecule has 4 rings (SSSR count). The number of piperidine rings is 1. The molecule has 1 amide bonds. The van der Waals surface area contributed by atoms with Crippen LogP contribution >= 0.6 is 0 Å². The molecule has 0 spiro atoms. The molecule has 2 aromatic rings. The number of hydrogen-bond acceptors (Lipinski definition) is 6. The van der Waals surface area contributed by atoms with Crippen molar-refractivity contribution in [1.82, 2.24) is 15.1 Å². The van der Waals surface area contributed by atoms with Crippen molar-refractivity contribution in [3.8, 4) is 11.5 Å². The monoisotopic (exact) mass is 369 g/mol. The fourth-order valence-corrected chi connectivity index (χ4v) is 3.28. The summed E-state index contributed by atoms with van der Waals surface area (Å²) in [5, 5.41) is 8.28. The van der Waals surface area contributed by atoms with Crippen LogP contribution in [0.4, 0.5) is 0 Å². The number of hydrogen-bond donors (Lipinski definition) is 0. The zero-order chi connectivity index (χ0) is 18.8. The summed E-state index contributed by atoms with van der Waals surface area (Å²) >= 11 is 0. The molecule has 7 nitrogen and oxygen atoms in total. The summed E-state index contributed by atoms with van der Waals surface area (Å²) in [5.74, 6) is 3.30. The second kappa shape index (κ2) is 7.42. The molecule has 0 aliphatic carbocycles. The van der Waals surface area contributed by atoms with Gasteiger partial charge in [0, 0.05) is 31.0 Å². The van der Waals surface area contributed by atoms with Crippen molar-refractivity contribution in [2.45, 2.75) is 38.5 Å². The van der Waals surface area contributed by atoms with Crippen molar-refractivity contribution in [1.29, 1.82) is 0 Å². The van der Waals surface area contributed by atoms with Crippen LogP contribution in [0, 0.1) is 0 Å². The first-order valence-corrected chi connectivity index (χ1v) is 9.30. The van der Waals surface area contributed by atoms with Crippen LogP contribution in [0.1, 0.15) is 55.9 Å². The van der Waals surface area contributed by atoms with Crippen LogP contribution in [-0.2, 0) is 4.79 Å². The summed E-state index contributed by atoms with van der Waals surface area (Å²) in [6, 6.07) is 5.64. The van der Waals surface area contributed by atoms with Crippen LogP contribution in [0.5, 0.6) is 11.5 Å². The average molecular weight is 369 g/mol. The van der Waals surface area contributed by atoms with Gasteiger partial charge in [0.25, 0.3) is 0 Å². The number of fused-ring (bicyclic) bond motifs is 1. The molecule has 1 aromatic carbocycles. The first-order valence-electron chi connectivity index (χ1n) is 9.30. The molecule has 1 saturated heterocycles. The Morgan fingerprint density at radius 2 is 1.96 bits per heavy atom. The average Bonchev–Trinajstić information content (AvgIpc) is 3.35. The smallest absolute Gasteiger partial charge is 0.246 e. The minimum Gasteiger partial charge on any atom is -0.454 e. The van der Waals surface area contributed by atoms with E-state index < -0.39 is 0 Å². The lowest BCUT2D eigenvalue weighted by Crippen LogP contribution is -2.36. The highest BCUT2D eigenvalue weighted by Crippen LogP contribution is 2.33. The fourth-order valence-electron chi connectivity index (χ4n) is 3.28. The molecular formula is C20H23N3O4. The zero-order valence-corrected chi connectivity index (χ0v) is 15.6. The third kappa shape index (κ3) is 3.82. The third-order valence-electron chi connectivity index (χ3n) is 4.92. The first kappa shape index (κ1) is 17.6. The van der Waals surface area contributed by atoms with Gasteiger partial charge in [-0.05, 0) is 36.6 Å². The van der Waals surface area contributed by atoms with Gasteiger partial charge < -0.3 is 18.8 Å². The van der Waals surface area contributed by atoms with Gasteiger partial charge in [0.1, 0.15) is 0 Å². The highest BCUT2D eigenvalue weighted by Gasteiger charge is 2.27. The van der Waals surface area contributed by atoms with E-state index in [-0.39, 0.29) is 24.5 Å². The Balaban J connectivity index is 1.33. The molecule has 1 aromatic heterocycles. The van der Waals surface area contributed by atoms with Crippen LogP contribution in [0.2, 0.25) is 0 Å². The Morgan fingerprint density at radius 3 is 2.70 bits per heavy atom. The van der Waals surface area contributed by atoms with Gasteiger partial charge in [-0.1, -0.05) is 19.9 Å². The van der Waals surface area contributed by atoms with Crippen molar-refractivity contribution in [3.05, 3.63) is 41.6 Å². The van der Waals surface area contributed by atoms with Gasteiger partial charge in [-0.2, -0.15) is 0 Å². The number of aromatic nitrogens is 2. The minimum atomic E-state index is 0.0134. The maximum absolute atomic E-state index is 12.5. The molecule has 142 valence electrons. The van der Waals surface area contributed by atoms with E-state index in [0.717, 1.165) is 24.2 Å². The topological polar surface area (TPSA) is 77.7 Å². The Kier molecular flexibility index (Phi) is 4.83. The lowest BCUT2D eigenvalue weighted by Gasteiger charge is -2.29. The van der Waals surface area contributed by atoms with Gasteiger partial charge in [0.05, 0.1) is 0 Å². The van der Waals surface area contributed by atoms with Crippen LogP contribution in [0.25, 0.3) is 6.08 Å². The molecule has 0 unspecified atom stereocenters. The normalized spacial score (nSPS) is 17.2. The van der Waals surface area contributed by atoms with Crippen LogP contribution in [0.3, 0.4) is 0 Å². The van der Waals surface area contributed by atoms with Crippen molar-refractivity contribution in [2.75, 3.05) is 19.9 Å². The quantitative estimate of drug-likeness (QED) is 0.769. The summed E-state index contributed by atoms with van der Waals surface area (Å²) in [7, 11) is 0. The summed E-state index contributed by atoms with van der Waals surface area (Å²) in [6.45, 7) is 5.69. The third-order valence-corrected chi connectivity index (χ3v) is 4.92.